The predicted octanol–water partition coefficient (Wildman–Crippen LogP) is 3.61. The quantitative estimate of drug-likeness (QED) is 0.635. The van der Waals surface area contributed by atoms with Crippen LogP contribution in [-0.2, 0) is 0 Å². The molecule has 1 aromatic rings. The summed E-state index contributed by atoms with van der Waals surface area (Å²) in [5, 5.41) is 0. The summed E-state index contributed by atoms with van der Waals surface area (Å²) < 4.78 is 13.5. The van der Waals surface area contributed by atoms with Crippen LogP contribution in [0.3, 0.4) is 0 Å². The van der Waals surface area contributed by atoms with Crippen molar-refractivity contribution in [3.63, 3.8) is 0 Å². The Morgan fingerprint density at radius 3 is 2.56 bits per heavy atom. The lowest BCUT2D eigenvalue weighted by Crippen LogP contribution is -2.41. The Kier molecular flexibility index (Phi) is 4.03. The highest BCUT2D eigenvalue weighted by Crippen LogP contribution is 2.45. The third-order valence-electron chi connectivity index (χ3n) is 4.41. The van der Waals surface area contributed by atoms with Gasteiger partial charge >= 0.3 is 0 Å². The lowest BCUT2D eigenvalue weighted by atomic mass is 9.68. The highest BCUT2D eigenvalue weighted by Gasteiger charge is 2.36. The molecule has 0 bridgehead atoms. The van der Waals surface area contributed by atoms with Gasteiger partial charge in [0.2, 0.25) is 0 Å². The number of halogens is 1. The zero-order valence-corrected chi connectivity index (χ0v) is 11.3. The van der Waals surface area contributed by atoms with E-state index in [2.05, 4.69) is 12.3 Å². The van der Waals surface area contributed by atoms with Crippen LogP contribution in [0.25, 0.3) is 0 Å². The van der Waals surface area contributed by atoms with Crippen molar-refractivity contribution >= 4 is 0 Å². The molecule has 3 heteroatoms. The van der Waals surface area contributed by atoms with Gasteiger partial charge in [0.15, 0.2) is 0 Å². The minimum Gasteiger partial charge on any atom is -0.271 e. The van der Waals surface area contributed by atoms with Crippen LogP contribution >= 0.6 is 0 Å². The molecule has 3 N–H and O–H groups in total. The average molecular weight is 250 g/mol. The maximum atomic E-state index is 13.5. The number of rotatable bonds is 3. The lowest BCUT2D eigenvalue weighted by Gasteiger charge is -2.41. The fourth-order valence-corrected chi connectivity index (χ4v) is 3.24. The molecular weight excluding hydrogens is 227 g/mol. The molecule has 0 aromatic heterocycles. The Morgan fingerprint density at radius 2 is 1.94 bits per heavy atom. The third-order valence-corrected chi connectivity index (χ3v) is 4.41. The van der Waals surface area contributed by atoms with Gasteiger partial charge in [0, 0.05) is 0 Å². The molecule has 0 amide bonds. The summed E-state index contributed by atoms with van der Waals surface area (Å²) in [5.74, 6) is 5.58. The Morgan fingerprint density at radius 1 is 1.28 bits per heavy atom. The number of hydrogen-bond acceptors (Lipinski definition) is 2. The second kappa shape index (κ2) is 5.37. The van der Waals surface area contributed by atoms with E-state index in [1.54, 1.807) is 6.07 Å². The van der Waals surface area contributed by atoms with E-state index in [1.165, 1.54) is 25.3 Å². The average Bonchev–Trinajstić information content (AvgIpc) is 2.35. The molecule has 1 aromatic carbocycles. The van der Waals surface area contributed by atoms with Gasteiger partial charge in [0.25, 0.3) is 0 Å². The molecule has 0 spiro atoms. The van der Waals surface area contributed by atoms with Gasteiger partial charge in [-0.05, 0) is 48.4 Å². The van der Waals surface area contributed by atoms with Crippen LogP contribution in [0, 0.1) is 18.2 Å². The van der Waals surface area contributed by atoms with E-state index in [0.29, 0.717) is 0 Å². The standard InChI is InChI=1S/C15H23FN2/c1-11-6-7-12(16)10-13(11)14(18-17)15(2)8-4-3-5-9-15/h6-7,10,14,18H,3-5,8-9,17H2,1-2H3. The highest BCUT2D eigenvalue weighted by atomic mass is 19.1. The van der Waals surface area contributed by atoms with Gasteiger partial charge in [-0.3, -0.25) is 11.3 Å². The Labute approximate surface area is 109 Å². The largest absolute Gasteiger partial charge is 0.271 e. The van der Waals surface area contributed by atoms with E-state index in [-0.39, 0.29) is 17.3 Å². The van der Waals surface area contributed by atoms with Gasteiger partial charge in [-0.2, -0.15) is 0 Å². The van der Waals surface area contributed by atoms with Crippen molar-refractivity contribution in [2.45, 2.75) is 52.0 Å². The first kappa shape index (κ1) is 13.5. The van der Waals surface area contributed by atoms with Gasteiger partial charge in [0.1, 0.15) is 5.82 Å². The fourth-order valence-electron chi connectivity index (χ4n) is 3.24. The number of hydrogen-bond donors (Lipinski definition) is 2. The van der Waals surface area contributed by atoms with Crippen LogP contribution in [-0.4, -0.2) is 0 Å². The van der Waals surface area contributed by atoms with Gasteiger partial charge in [-0.1, -0.05) is 32.3 Å². The van der Waals surface area contributed by atoms with Crippen molar-refractivity contribution in [1.82, 2.24) is 5.43 Å². The first-order valence-corrected chi connectivity index (χ1v) is 6.79. The van der Waals surface area contributed by atoms with Crippen LogP contribution < -0.4 is 11.3 Å². The summed E-state index contributed by atoms with van der Waals surface area (Å²) in [6.45, 7) is 4.28. The summed E-state index contributed by atoms with van der Waals surface area (Å²) in [6.07, 6.45) is 6.08. The molecule has 1 unspecified atom stereocenters. The summed E-state index contributed by atoms with van der Waals surface area (Å²) in [7, 11) is 0. The summed E-state index contributed by atoms with van der Waals surface area (Å²) in [6, 6.07) is 5.00. The molecule has 18 heavy (non-hydrogen) atoms. The maximum absolute atomic E-state index is 13.5. The van der Waals surface area contributed by atoms with Gasteiger partial charge in [0.05, 0.1) is 6.04 Å². The van der Waals surface area contributed by atoms with Gasteiger partial charge in [-0.15, -0.1) is 0 Å². The van der Waals surface area contributed by atoms with Crippen LogP contribution in [0.15, 0.2) is 18.2 Å². The number of nitrogens with two attached hydrogens (primary N) is 1. The van der Waals surface area contributed by atoms with Crippen molar-refractivity contribution < 1.29 is 4.39 Å². The zero-order valence-electron chi connectivity index (χ0n) is 11.3. The molecule has 1 fully saturated rings. The van der Waals surface area contributed by atoms with E-state index >= 15 is 0 Å². The van der Waals surface area contributed by atoms with E-state index < -0.39 is 0 Å². The number of hydrazine groups is 1. The molecular formula is C15H23FN2. The SMILES string of the molecule is Cc1ccc(F)cc1C(NN)C1(C)CCCCC1. The van der Waals surface area contributed by atoms with Gasteiger partial charge in [-0.25, -0.2) is 4.39 Å². The van der Waals surface area contributed by atoms with Crippen molar-refractivity contribution in [2.75, 3.05) is 0 Å². The number of aryl methyl sites for hydroxylation is 1. The monoisotopic (exact) mass is 250 g/mol. The van der Waals surface area contributed by atoms with Gasteiger partial charge < -0.3 is 0 Å². The van der Waals surface area contributed by atoms with Crippen LogP contribution in [0.1, 0.15) is 56.2 Å². The Balaban J connectivity index is 2.35. The minimum absolute atomic E-state index is 0.0356. The molecule has 100 valence electrons. The molecule has 0 saturated heterocycles. The molecule has 1 atom stereocenters. The van der Waals surface area contributed by atoms with Crippen LogP contribution in [0.2, 0.25) is 0 Å². The Bertz CT molecular complexity index is 411. The summed E-state index contributed by atoms with van der Waals surface area (Å²) >= 11 is 0. The second-order valence-electron chi connectivity index (χ2n) is 5.82. The van der Waals surface area contributed by atoms with E-state index in [4.69, 9.17) is 5.84 Å². The normalized spacial score (nSPS) is 20.7. The first-order valence-electron chi connectivity index (χ1n) is 6.79. The molecule has 2 rings (SSSR count). The number of nitrogens with one attached hydrogen (secondary N) is 1. The van der Waals surface area contributed by atoms with Crippen molar-refractivity contribution in [3.8, 4) is 0 Å². The summed E-state index contributed by atoms with van der Waals surface area (Å²) in [4.78, 5) is 0. The van der Waals surface area contributed by atoms with Crippen molar-refractivity contribution in [1.29, 1.82) is 0 Å². The molecule has 0 aliphatic heterocycles. The Hall–Kier alpha value is -0.930. The van der Waals surface area contributed by atoms with Crippen molar-refractivity contribution in [3.05, 3.63) is 35.1 Å². The van der Waals surface area contributed by atoms with E-state index in [1.807, 2.05) is 13.0 Å². The molecule has 2 nitrogen and oxygen atoms in total. The predicted molar refractivity (Wildman–Crippen MR) is 72.4 cm³/mol. The van der Waals surface area contributed by atoms with Crippen LogP contribution in [0.4, 0.5) is 4.39 Å². The maximum Gasteiger partial charge on any atom is 0.123 e. The van der Waals surface area contributed by atoms with E-state index in [0.717, 1.165) is 24.0 Å². The third kappa shape index (κ3) is 2.57. The van der Waals surface area contributed by atoms with Crippen molar-refractivity contribution in [2.24, 2.45) is 11.3 Å². The first-order chi connectivity index (χ1) is 8.57. The minimum atomic E-state index is -0.185. The molecule has 1 aliphatic rings. The molecule has 0 heterocycles. The lowest BCUT2D eigenvalue weighted by molar-refractivity contribution is 0.144. The highest BCUT2D eigenvalue weighted by molar-refractivity contribution is 5.31. The van der Waals surface area contributed by atoms with E-state index in [9.17, 15) is 4.39 Å². The molecule has 1 aliphatic carbocycles. The topological polar surface area (TPSA) is 38.0 Å². The molecule has 1 saturated carbocycles. The fraction of sp³-hybridized carbons (Fsp3) is 0.600. The zero-order chi connectivity index (χ0) is 13.2. The summed E-state index contributed by atoms with van der Waals surface area (Å²) in [5.41, 5.74) is 5.17. The smallest absolute Gasteiger partial charge is 0.123 e. The van der Waals surface area contributed by atoms with Crippen LogP contribution in [0.5, 0.6) is 0 Å². The number of benzene rings is 1. The second-order valence-corrected chi connectivity index (χ2v) is 5.82. The molecule has 0 radical (unpaired) electrons.